The van der Waals surface area contributed by atoms with Crippen molar-refractivity contribution in [2.75, 3.05) is 39.6 Å². The zero-order valence-electron chi connectivity index (χ0n) is 34.5. The summed E-state index contributed by atoms with van der Waals surface area (Å²) < 4.78 is 67.9. The number of hydrogen-bond donors (Lipinski definition) is 18. The minimum Gasteiger partial charge on any atom is -0.394 e. The molecule has 0 aromatic heterocycles. The fourth-order valence-electron chi connectivity index (χ4n) is 8.93. The van der Waals surface area contributed by atoms with Crippen LogP contribution in [0, 0.1) is 0 Å². The van der Waals surface area contributed by atoms with E-state index in [0.29, 0.717) is 0 Å². The van der Waals surface area contributed by atoms with Crippen molar-refractivity contribution in [2.24, 2.45) is 0 Å². The Morgan fingerprint density at radius 3 is 0.409 bits per heavy atom. The molecular weight excluding hydrogens is 912 g/mol. The summed E-state index contributed by atoms with van der Waals surface area (Å²) in [6.07, 6.45) is -58.5. The summed E-state index contributed by atoms with van der Waals surface area (Å²) in [6, 6.07) is 0. The molecule has 30 atom stereocenters. The predicted molar refractivity (Wildman–Crippen MR) is 196 cm³/mol. The number of aliphatic hydroxyl groups excluding tert-OH is 18. The molecule has 0 saturated carbocycles. The number of rotatable bonds is 6. The fraction of sp³-hybridized carbons (Fsp3) is 1.00. The largest absolute Gasteiger partial charge is 0.394 e. The average molecular weight is 973 g/mol. The highest BCUT2D eigenvalue weighted by Gasteiger charge is 2.58. The van der Waals surface area contributed by atoms with E-state index < -0.39 is 224 Å². The van der Waals surface area contributed by atoms with Crippen LogP contribution in [-0.2, 0) is 56.8 Å². The van der Waals surface area contributed by atoms with Crippen molar-refractivity contribution in [3.8, 4) is 0 Å². The summed E-state index contributed by atoms with van der Waals surface area (Å²) in [5.74, 6) is 0. The number of aliphatic hydroxyl groups is 18. The molecule has 22 rings (SSSR count). The summed E-state index contributed by atoms with van der Waals surface area (Å²) in [6.45, 7) is -5.99. The van der Waals surface area contributed by atoms with Crippen molar-refractivity contribution in [1.82, 2.24) is 0 Å². The third-order valence-electron chi connectivity index (χ3n) is 12.7. The lowest BCUT2D eigenvalue weighted by Gasteiger charge is -2.50. The Kier molecular flexibility index (Phi) is 17.6. The zero-order valence-corrected chi connectivity index (χ0v) is 34.5. The topological polar surface area (TPSA) is 475 Å². The van der Waals surface area contributed by atoms with Crippen molar-refractivity contribution in [2.45, 2.75) is 184 Å². The lowest BCUT2D eigenvalue weighted by molar-refractivity contribution is -0.404. The van der Waals surface area contributed by atoms with E-state index in [9.17, 15) is 91.9 Å². The highest BCUT2D eigenvalue weighted by Crippen LogP contribution is 2.38. The molecule has 0 amide bonds. The van der Waals surface area contributed by atoms with Crippen LogP contribution in [0.1, 0.15) is 0 Å². The monoisotopic (exact) mass is 972 g/mol. The first kappa shape index (κ1) is 52.6. The van der Waals surface area contributed by atoms with Crippen molar-refractivity contribution < 1.29 is 149 Å². The molecule has 18 unspecified atom stereocenters. The van der Waals surface area contributed by atoms with E-state index in [2.05, 4.69) is 0 Å². The van der Waals surface area contributed by atoms with Gasteiger partial charge < -0.3 is 149 Å². The molecule has 22 saturated heterocycles. The Morgan fingerprint density at radius 1 is 0.182 bits per heavy atom. The van der Waals surface area contributed by atoms with Gasteiger partial charge in [0.1, 0.15) is 146 Å². The van der Waals surface area contributed by atoms with Crippen LogP contribution in [-0.4, -0.2) is 316 Å². The molecule has 30 nitrogen and oxygen atoms in total. The first-order valence-corrected chi connectivity index (χ1v) is 21.1. The molecule has 0 aromatic rings. The van der Waals surface area contributed by atoms with Crippen LogP contribution >= 0.6 is 0 Å². The van der Waals surface area contributed by atoms with Crippen molar-refractivity contribution in [3.63, 3.8) is 0 Å². The Balaban J connectivity index is 1.19. The van der Waals surface area contributed by atoms with Crippen LogP contribution in [0.25, 0.3) is 0 Å². The Morgan fingerprint density at radius 2 is 0.303 bits per heavy atom. The molecule has 22 aliphatic rings. The molecule has 12 bridgehead atoms. The van der Waals surface area contributed by atoms with Gasteiger partial charge in [0.25, 0.3) is 0 Å². The molecule has 22 fully saturated rings. The Hall–Kier alpha value is -1.20. The van der Waals surface area contributed by atoms with E-state index in [0.717, 1.165) is 0 Å². The maximum absolute atomic E-state index is 11.2. The average Bonchev–Trinajstić information content (AvgIpc) is 3.31. The molecule has 66 heavy (non-hydrogen) atoms. The summed E-state index contributed by atoms with van der Waals surface area (Å²) in [7, 11) is 0. The first-order valence-electron chi connectivity index (χ1n) is 21.1. The van der Waals surface area contributed by atoms with Gasteiger partial charge >= 0.3 is 0 Å². The maximum atomic E-state index is 11.2. The highest BCUT2D eigenvalue weighted by molar-refractivity contribution is 5.01. The van der Waals surface area contributed by atoms with Crippen LogP contribution in [0.3, 0.4) is 0 Å². The van der Waals surface area contributed by atoms with E-state index in [1.165, 1.54) is 0 Å². The summed E-state index contributed by atoms with van der Waals surface area (Å²) in [4.78, 5) is 0. The maximum Gasteiger partial charge on any atom is 0.187 e. The molecule has 30 heteroatoms. The molecule has 0 radical (unpaired) electrons. The highest BCUT2D eigenvalue weighted by atomic mass is 16.8. The summed E-state index contributed by atoms with van der Waals surface area (Å²) in [5.41, 5.74) is 0. The van der Waals surface area contributed by atoms with E-state index in [4.69, 9.17) is 56.8 Å². The molecule has 0 aliphatic carbocycles. The van der Waals surface area contributed by atoms with E-state index >= 15 is 0 Å². The van der Waals surface area contributed by atoms with Crippen molar-refractivity contribution >= 4 is 0 Å². The molecule has 384 valence electrons. The minimum atomic E-state index is -2.15. The second-order valence-corrected chi connectivity index (χ2v) is 16.8. The van der Waals surface area contributed by atoms with Crippen LogP contribution in [0.2, 0.25) is 0 Å². The van der Waals surface area contributed by atoms with Gasteiger partial charge in [0.2, 0.25) is 0 Å². The van der Waals surface area contributed by atoms with Gasteiger partial charge in [-0.15, -0.1) is 0 Å². The van der Waals surface area contributed by atoms with Crippen LogP contribution in [0.15, 0.2) is 0 Å². The first-order chi connectivity index (χ1) is 31.4. The van der Waals surface area contributed by atoms with Crippen LogP contribution in [0.5, 0.6) is 0 Å². The van der Waals surface area contributed by atoms with Gasteiger partial charge in [0.05, 0.1) is 39.6 Å². The standard InChI is InChI=1S/C36H60O30/c37-1-7-25-13(43)19(49)31(55-7)62-26-8(2-38)57-33(21(51)15(26)45)64-28-10(4-40)59-35(23(53)17(28)47)66-30-12(6-42)60-36(24(54)18(30)48)65-29-11(5-41)58-34(22(52)16(29)46)63-27-9(3-39)56-32(61-25)20(50)14(27)44/h7-54H,1-6H2/t7?,8?,9?,10?,11?,12?,13?,14?,15?,16?,17?,18?,19?,20?,21?,22?,23?,24?,25-,26-,27-,28-,29-,30-,31-,32-,33-,34-,35-,36-/m0/s1. The second kappa shape index (κ2) is 22.1. The van der Waals surface area contributed by atoms with Gasteiger partial charge in [-0.3, -0.25) is 0 Å². The summed E-state index contributed by atoms with van der Waals surface area (Å²) >= 11 is 0. The number of ether oxygens (including phenoxy) is 12. The third kappa shape index (κ3) is 10.0. The summed E-state index contributed by atoms with van der Waals surface area (Å²) in [5, 5.41) is 196. The lowest BCUT2D eigenvalue weighted by atomic mass is 9.94. The normalized spacial score (nSPS) is 55.4. The second-order valence-electron chi connectivity index (χ2n) is 16.8. The van der Waals surface area contributed by atoms with Gasteiger partial charge in [-0.2, -0.15) is 0 Å². The van der Waals surface area contributed by atoms with E-state index in [1.807, 2.05) is 0 Å². The minimum absolute atomic E-state index is 0.999. The molecule has 18 N–H and O–H groups in total. The molecular formula is C36H60O30. The van der Waals surface area contributed by atoms with Gasteiger partial charge in [0.15, 0.2) is 37.7 Å². The Bertz CT molecular complexity index is 1230. The lowest BCUT2D eigenvalue weighted by Crippen LogP contribution is -2.69. The van der Waals surface area contributed by atoms with E-state index in [-0.39, 0.29) is 0 Å². The molecule has 0 spiro atoms. The third-order valence-corrected chi connectivity index (χ3v) is 12.7. The fourth-order valence-corrected chi connectivity index (χ4v) is 8.93. The molecule has 22 aliphatic heterocycles. The van der Waals surface area contributed by atoms with Crippen molar-refractivity contribution in [1.29, 1.82) is 0 Å². The quantitative estimate of drug-likeness (QED) is 0.117. The van der Waals surface area contributed by atoms with Crippen LogP contribution < -0.4 is 0 Å². The van der Waals surface area contributed by atoms with Crippen LogP contribution in [0.4, 0.5) is 0 Å². The van der Waals surface area contributed by atoms with Gasteiger partial charge in [-0.25, -0.2) is 0 Å². The number of hydrogen-bond acceptors (Lipinski definition) is 30. The zero-order chi connectivity index (χ0) is 48.0. The smallest absolute Gasteiger partial charge is 0.187 e. The Labute approximate surface area is 372 Å². The molecule has 0 aromatic carbocycles. The van der Waals surface area contributed by atoms with Gasteiger partial charge in [-0.1, -0.05) is 0 Å². The molecule has 22 heterocycles. The van der Waals surface area contributed by atoms with E-state index in [1.54, 1.807) is 0 Å². The SMILES string of the molecule is OCC1O[C@H]2O[C@H]3C(CO)O[C@@H](O[C@H]4C(CO)O[C@@H](O[C@H]5C(CO)O[C@@H](O[C@H]6C(CO)O[C@@H](O[C@H]7C(CO)O[C@@H](O[C@@H]1C(O)C2O)C(O)C7O)C(O)C6O)C(O)C5O)C(O)C4O)C(O)C3O. The van der Waals surface area contributed by atoms with Gasteiger partial charge in [-0.05, 0) is 0 Å². The van der Waals surface area contributed by atoms with Gasteiger partial charge in [0, 0.05) is 0 Å². The van der Waals surface area contributed by atoms with Crippen molar-refractivity contribution in [3.05, 3.63) is 0 Å². The predicted octanol–water partition coefficient (Wildman–Crippen LogP) is -13.1.